The predicted molar refractivity (Wildman–Crippen MR) is 55.9 cm³/mol. The van der Waals surface area contributed by atoms with Crippen LogP contribution >= 0.6 is 0 Å². The van der Waals surface area contributed by atoms with Crippen LogP contribution in [0.3, 0.4) is 0 Å². The molecule has 0 unspecified atom stereocenters. The molecular formula is C11H16N2O. The minimum atomic E-state index is -0.901. The van der Waals surface area contributed by atoms with Crippen LogP contribution in [0.2, 0.25) is 0 Å². The fourth-order valence-corrected chi connectivity index (χ4v) is 1.62. The molecule has 3 nitrogen and oxygen atoms in total. The van der Waals surface area contributed by atoms with Gasteiger partial charge in [0.1, 0.15) is 5.82 Å². The van der Waals surface area contributed by atoms with Crippen LogP contribution in [0.4, 0.5) is 5.82 Å². The Morgan fingerprint density at radius 1 is 1.50 bits per heavy atom. The van der Waals surface area contributed by atoms with Crippen molar-refractivity contribution in [1.82, 2.24) is 4.98 Å². The van der Waals surface area contributed by atoms with Crippen molar-refractivity contribution in [2.45, 2.75) is 38.2 Å². The third kappa shape index (κ3) is 1.73. The lowest BCUT2D eigenvalue weighted by atomic mass is 9.97. The molecule has 0 aliphatic heterocycles. The summed E-state index contributed by atoms with van der Waals surface area (Å²) >= 11 is 0. The molecule has 3 N–H and O–H groups in total. The minimum Gasteiger partial charge on any atom is -0.386 e. The molecule has 0 atom stereocenters. The third-order valence-electron chi connectivity index (χ3n) is 2.65. The topological polar surface area (TPSA) is 59.1 Å². The molecule has 0 radical (unpaired) electrons. The van der Waals surface area contributed by atoms with Gasteiger partial charge in [0, 0.05) is 11.8 Å². The second kappa shape index (κ2) is 2.95. The maximum atomic E-state index is 9.88. The van der Waals surface area contributed by atoms with Crippen LogP contribution in [0.15, 0.2) is 12.3 Å². The summed E-state index contributed by atoms with van der Waals surface area (Å²) in [5.41, 5.74) is 6.77. The minimum absolute atomic E-state index is 0.432. The monoisotopic (exact) mass is 192 g/mol. The Labute approximate surface area is 84.0 Å². The molecule has 0 spiro atoms. The SMILES string of the molecule is CC(C)(O)c1cc(C2CC2)cnc1N. The van der Waals surface area contributed by atoms with Gasteiger partial charge in [-0.25, -0.2) is 4.98 Å². The number of pyridine rings is 1. The zero-order valence-electron chi connectivity index (χ0n) is 8.62. The van der Waals surface area contributed by atoms with Crippen molar-refractivity contribution in [1.29, 1.82) is 0 Å². The van der Waals surface area contributed by atoms with Crippen molar-refractivity contribution >= 4 is 5.82 Å². The molecule has 14 heavy (non-hydrogen) atoms. The molecule has 0 bridgehead atoms. The average Bonchev–Trinajstić information content (AvgIpc) is 2.85. The number of rotatable bonds is 2. The molecule has 1 heterocycles. The summed E-state index contributed by atoms with van der Waals surface area (Å²) in [7, 11) is 0. The summed E-state index contributed by atoms with van der Waals surface area (Å²) in [4.78, 5) is 4.12. The number of aliphatic hydroxyl groups is 1. The smallest absolute Gasteiger partial charge is 0.129 e. The van der Waals surface area contributed by atoms with Crippen LogP contribution in [-0.2, 0) is 5.60 Å². The molecule has 76 valence electrons. The van der Waals surface area contributed by atoms with Crippen molar-refractivity contribution in [3.05, 3.63) is 23.4 Å². The quantitative estimate of drug-likeness (QED) is 0.750. The van der Waals surface area contributed by atoms with Gasteiger partial charge in [-0.2, -0.15) is 0 Å². The van der Waals surface area contributed by atoms with E-state index in [2.05, 4.69) is 4.98 Å². The largest absolute Gasteiger partial charge is 0.386 e. The molecule has 3 heteroatoms. The molecule has 2 rings (SSSR count). The van der Waals surface area contributed by atoms with Gasteiger partial charge < -0.3 is 10.8 Å². The van der Waals surface area contributed by atoms with Gasteiger partial charge in [0.2, 0.25) is 0 Å². The van der Waals surface area contributed by atoms with E-state index in [0.29, 0.717) is 11.7 Å². The van der Waals surface area contributed by atoms with Gasteiger partial charge in [-0.1, -0.05) is 0 Å². The van der Waals surface area contributed by atoms with Crippen molar-refractivity contribution in [3.63, 3.8) is 0 Å². The summed E-state index contributed by atoms with van der Waals surface area (Å²) in [5.74, 6) is 1.08. The number of nitrogen functional groups attached to an aromatic ring is 1. The second-order valence-electron chi connectivity index (χ2n) is 4.53. The number of aromatic nitrogens is 1. The van der Waals surface area contributed by atoms with Gasteiger partial charge in [0.15, 0.2) is 0 Å². The van der Waals surface area contributed by atoms with E-state index in [4.69, 9.17) is 5.73 Å². The Hall–Kier alpha value is -1.09. The Bertz CT molecular complexity index is 351. The van der Waals surface area contributed by atoms with Gasteiger partial charge in [0.25, 0.3) is 0 Å². The van der Waals surface area contributed by atoms with Gasteiger partial charge in [-0.3, -0.25) is 0 Å². The third-order valence-corrected chi connectivity index (χ3v) is 2.65. The highest BCUT2D eigenvalue weighted by Gasteiger charge is 2.27. The summed E-state index contributed by atoms with van der Waals surface area (Å²) in [6.45, 7) is 3.47. The van der Waals surface area contributed by atoms with Gasteiger partial charge >= 0.3 is 0 Å². The molecule has 1 fully saturated rings. The molecule has 1 aromatic heterocycles. The van der Waals surface area contributed by atoms with Crippen LogP contribution < -0.4 is 5.73 Å². The lowest BCUT2D eigenvalue weighted by molar-refractivity contribution is 0.0790. The van der Waals surface area contributed by atoms with Crippen molar-refractivity contribution < 1.29 is 5.11 Å². The molecule has 0 aromatic carbocycles. The van der Waals surface area contributed by atoms with E-state index >= 15 is 0 Å². The number of nitrogens with two attached hydrogens (primary N) is 1. The Morgan fingerprint density at radius 3 is 2.64 bits per heavy atom. The van der Waals surface area contributed by atoms with E-state index in [0.717, 1.165) is 5.56 Å². The molecule has 1 aliphatic rings. The first-order chi connectivity index (χ1) is 6.48. The highest BCUT2D eigenvalue weighted by molar-refractivity contribution is 5.45. The van der Waals surface area contributed by atoms with E-state index in [9.17, 15) is 5.11 Å². The van der Waals surface area contributed by atoms with E-state index in [1.54, 1.807) is 13.8 Å². The van der Waals surface area contributed by atoms with Gasteiger partial charge in [-0.05, 0) is 44.2 Å². The number of anilines is 1. The molecule has 1 aromatic rings. The summed E-state index contributed by atoms with van der Waals surface area (Å²) in [6.07, 6.45) is 4.29. The number of nitrogens with zero attached hydrogens (tertiary/aromatic N) is 1. The maximum absolute atomic E-state index is 9.88. The molecule has 0 amide bonds. The van der Waals surface area contributed by atoms with Gasteiger partial charge in [-0.15, -0.1) is 0 Å². The van der Waals surface area contributed by atoms with Gasteiger partial charge in [0.05, 0.1) is 5.60 Å². The van der Waals surface area contributed by atoms with Crippen LogP contribution in [0.25, 0.3) is 0 Å². The van der Waals surface area contributed by atoms with E-state index in [-0.39, 0.29) is 0 Å². The number of hydrogen-bond acceptors (Lipinski definition) is 3. The highest BCUT2D eigenvalue weighted by Crippen LogP contribution is 2.41. The first-order valence-electron chi connectivity index (χ1n) is 4.97. The van der Waals surface area contributed by atoms with E-state index < -0.39 is 5.60 Å². The highest BCUT2D eigenvalue weighted by atomic mass is 16.3. The fourth-order valence-electron chi connectivity index (χ4n) is 1.62. The van der Waals surface area contributed by atoms with Crippen LogP contribution in [0.1, 0.15) is 43.7 Å². The zero-order chi connectivity index (χ0) is 10.3. The first-order valence-corrected chi connectivity index (χ1v) is 4.97. The van der Waals surface area contributed by atoms with Crippen molar-refractivity contribution in [3.8, 4) is 0 Å². The second-order valence-corrected chi connectivity index (χ2v) is 4.53. The Morgan fingerprint density at radius 2 is 2.14 bits per heavy atom. The first kappa shape index (κ1) is 9.46. The number of hydrogen-bond donors (Lipinski definition) is 2. The molecule has 0 saturated heterocycles. The summed E-state index contributed by atoms with van der Waals surface area (Å²) < 4.78 is 0. The Balaban J connectivity index is 2.41. The van der Waals surface area contributed by atoms with Crippen LogP contribution in [0, 0.1) is 0 Å². The van der Waals surface area contributed by atoms with E-state index in [1.807, 2.05) is 12.3 Å². The lowest BCUT2D eigenvalue weighted by Gasteiger charge is -2.19. The van der Waals surface area contributed by atoms with Crippen molar-refractivity contribution in [2.75, 3.05) is 5.73 Å². The maximum Gasteiger partial charge on any atom is 0.129 e. The zero-order valence-corrected chi connectivity index (χ0v) is 8.62. The van der Waals surface area contributed by atoms with Crippen molar-refractivity contribution in [2.24, 2.45) is 0 Å². The van der Waals surface area contributed by atoms with E-state index in [1.165, 1.54) is 18.4 Å². The molecular weight excluding hydrogens is 176 g/mol. The Kier molecular flexibility index (Phi) is 2.00. The molecule has 1 aliphatic carbocycles. The standard InChI is InChI=1S/C11H16N2O/c1-11(2,14)9-5-8(7-3-4-7)6-13-10(9)12/h5-7,14H,3-4H2,1-2H3,(H2,12,13). The predicted octanol–water partition coefficient (Wildman–Crippen LogP) is 1.77. The fraction of sp³-hybridized carbons (Fsp3) is 0.545. The molecule has 1 saturated carbocycles. The average molecular weight is 192 g/mol. The normalized spacial score (nSPS) is 17.1. The van der Waals surface area contributed by atoms with Crippen LogP contribution in [0.5, 0.6) is 0 Å². The van der Waals surface area contributed by atoms with Crippen LogP contribution in [-0.4, -0.2) is 10.1 Å². The summed E-state index contributed by atoms with van der Waals surface area (Å²) in [6, 6.07) is 1.99. The lowest BCUT2D eigenvalue weighted by Crippen LogP contribution is -2.18. The summed E-state index contributed by atoms with van der Waals surface area (Å²) in [5, 5.41) is 9.88.